The number of aliphatic hydroxyl groups is 1. The van der Waals surface area contributed by atoms with Crippen LogP contribution in [0.15, 0.2) is 24.3 Å². The molecule has 1 aliphatic heterocycles. The lowest BCUT2D eigenvalue weighted by molar-refractivity contribution is -0.138. The molecular weight excluding hydrogens is 323 g/mol. The Bertz CT molecular complexity index is 497. The van der Waals surface area contributed by atoms with E-state index in [1.807, 2.05) is 26.0 Å². The summed E-state index contributed by atoms with van der Waals surface area (Å²) in [4.78, 5) is 14.0. The maximum absolute atomic E-state index is 12.2. The molecule has 0 spiro atoms. The molecule has 0 saturated carbocycles. The third-order valence-corrected chi connectivity index (χ3v) is 4.54. The molecule has 124 valence electrons. The number of halogens is 2. The van der Waals surface area contributed by atoms with E-state index in [2.05, 4.69) is 0 Å². The highest BCUT2D eigenvalue weighted by Crippen LogP contribution is 2.33. The van der Waals surface area contributed by atoms with Gasteiger partial charge < -0.3 is 15.7 Å². The Hall–Kier alpha value is -0.810. The predicted octanol–water partition coefficient (Wildman–Crippen LogP) is 2.56. The number of nitrogens with two attached hydrogens (primary N) is 1. The van der Waals surface area contributed by atoms with Crippen LogP contribution in [0, 0.1) is 5.92 Å². The molecule has 22 heavy (non-hydrogen) atoms. The molecule has 1 saturated heterocycles. The van der Waals surface area contributed by atoms with Crippen LogP contribution in [0.5, 0.6) is 0 Å². The molecule has 2 rings (SSSR count). The second kappa shape index (κ2) is 7.64. The van der Waals surface area contributed by atoms with Crippen molar-refractivity contribution in [3.05, 3.63) is 34.9 Å². The minimum Gasteiger partial charge on any atom is -0.385 e. The molecule has 1 amide bonds. The molecule has 0 radical (unpaired) electrons. The van der Waals surface area contributed by atoms with E-state index >= 15 is 0 Å². The zero-order chi connectivity index (χ0) is 15.6. The number of hydrogen-bond acceptors (Lipinski definition) is 3. The number of amides is 1. The van der Waals surface area contributed by atoms with E-state index in [4.69, 9.17) is 17.3 Å². The quantitative estimate of drug-likeness (QED) is 0.883. The van der Waals surface area contributed by atoms with E-state index in [0.29, 0.717) is 31.0 Å². The Kier molecular flexibility index (Phi) is 6.68. The molecule has 1 heterocycles. The van der Waals surface area contributed by atoms with Crippen LogP contribution in [0.4, 0.5) is 0 Å². The smallest absolute Gasteiger partial charge is 0.239 e. The number of rotatable bonds is 3. The van der Waals surface area contributed by atoms with Gasteiger partial charge in [0, 0.05) is 18.1 Å². The standard InChI is InChI=1S/C16H23ClN2O2.ClH/c1-11(2)14(18)15(20)19-9-7-16(21,8-10-19)12-3-5-13(17)6-4-12;/h3-6,11,14,21H,7-10,18H2,1-2H3;1H/t14-;/m1./s1. The Balaban J connectivity index is 0.00000242. The van der Waals surface area contributed by atoms with Crippen molar-refractivity contribution in [3.8, 4) is 0 Å². The molecule has 1 aromatic carbocycles. The Morgan fingerprint density at radius 1 is 1.27 bits per heavy atom. The third kappa shape index (κ3) is 4.13. The average molecular weight is 347 g/mol. The van der Waals surface area contributed by atoms with Crippen molar-refractivity contribution >= 4 is 29.9 Å². The Labute approximate surface area is 143 Å². The van der Waals surface area contributed by atoms with E-state index in [9.17, 15) is 9.90 Å². The lowest BCUT2D eigenvalue weighted by Gasteiger charge is -2.39. The first kappa shape index (κ1) is 19.2. The molecule has 0 aliphatic carbocycles. The lowest BCUT2D eigenvalue weighted by atomic mass is 9.84. The first-order valence-corrected chi connectivity index (χ1v) is 7.74. The van der Waals surface area contributed by atoms with Crippen molar-refractivity contribution in [2.75, 3.05) is 13.1 Å². The predicted molar refractivity (Wildman–Crippen MR) is 91.2 cm³/mol. The zero-order valence-corrected chi connectivity index (χ0v) is 14.5. The van der Waals surface area contributed by atoms with Crippen molar-refractivity contribution < 1.29 is 9.90 Å². The van der Waals surface area contributed by atoms with Crippen LogP contribution in [0.2, 0.25) is 5.02 Å². The minimum atomic E-state index is -0.886. The van der Waals surface area contributed by atoms with Crippen molar-refractivity contribution in [2.24, 2.45) is 11.7 Å². The summed E-state index contributed by atoms with van der Waals surface area (Å²) in [6.07, 6.45) is 1.04. The van der Waals surface area contributed by atoms with Gasteiger partial charge in [-0.05, 0) is 36.5 Å². The van der Waals surface area contributed by atoms with E-state index in [0.717, 1.165) is 5.56 Å². The number of carbonyl (C=O) groups excluding carboxylic acids is 1. The summed E-state index contributed by atoms with van der Waals surface area (Å²) in [5, 5.41) is 11.4. The Morgan fingerprint density at radius 3 is 2.23 bits per heavy atom. The van der Waals surface area contributed by atoms with Crippen LogP contribution >= 0.6 is 24.0 Å². The highest BCUT2D eigenvalue weighted by molar-refractivity contribution is 6.30. The summed E-state index contributed by atoms with van der Waals surface area (Å²) in [5.74, 6) is 0.0951. The molecule has 0 aromatic heterocycles. The number of hydrogen-bond donors (Lipinski definition) is 2. The maximum atomic E-state index is 12.2. The van der Waals surface area contributed by atoms with Crippen LogP contribution in [0.1, 0.15) is 32.3 Å². The molecule has 3 N–H and O–H groups in total. The molecule has 1 aliphatic rings. The van der Waals surface area contributed by atoms with Gasteiger partial charge >= 0.3 is 0 Å². The van der Waals surface area contributed by atoms with Crippen molar-refractivity contribution in [1.29, 1.82) is 0 Å². The third-order valence-electron chi connectivity index (χ3n) is 4.29. The highest BCUT2D eigenvalue weighted by atomic mass is 35.5. The van der Waals surface area contributed by atoms with Gasteiger partial charge in [-0.1, -0.05) is 37.6 Å². The van der Waals surface area contributed by atoms with E-state index < -0.39 is 11.6 Å². The lowest BCUT2D eigenvalue weighted by Crippen LogP contribution is -2.51. The fraction of sp³-hybridized carbons (Fsp3) is 0.562. The maximum Gasteiger partial charge on any atom is 0.239 e. The minimum absolute atomic E-state index is 0. The van der Waals surface area contributed by atoms with Gasteiger partial charge in [-0.2, -0.15) is 0 Å². The normalized spacial score (nSPS) is 18.7. The number of likely N-dealkylation sites (tertiary alicyclic amines) is 1. The zero-order valence-electron chi connectivity index (χ0n) is 13.0. The van der Waals surface area contributed by atoms with Gasteiger partial charge in [0.2, 0.25) is 5.91 Å². The number of benzene rings is 1. The molecule has 1 fully saturated rings. The van der Waals surface area contributed by atoms with Crippen LogP contribution in [0.3, 0.4) is 0 Å². The van der Waals surface area contributed by atoms with Crippen molar-refractivity contribution in [3.63, 3.8) is 0 Å². The average Bonchev–Trinajstić information content (AvgIpc) is 2.47. The fourth-order valence-corrected chi connectivity index (χ4v) is 2.77. The highest BCUT2D eigenvalue weighted by Gasteiger charge is 2.36. The topological polar surface area (TPSA) is 66.6 Å². The van der Waals surface area contributed by atoms with Gasteiger partial charge in [0.1, 0.15) is 0 Å². The summed E-state index contributed by atoms with van der Waals surface area (Å²) in [6.45, 7) is 4.93. The number of carbonyl (C=O) groups is 1. The molecule has 1 atom stereocenters. The molecule has 6 heteroatoms. The monoisotopic (exact) mass is 346 g/mol. The Morgan fingerprint density at radius 2 is 1.77 bits per heavy atom. The SMILES string of the molecule is CC(C)[C@@H](N)C(=O)N1CCC(O)(c2ccc(Cl)cc2)CC1.Cl. The summed E-state index contributed by atoms with van der Waals surface area (Å²) >= 11 is 5.88. The van der Waals surface area contributed by atoms with E-state index in [1.54, 1.807) is 17.0 Å². The summed E-state index contributed by atoms with van der Waals surface area (Å²) < 4.78 is 0. The van der Waals surface area contributed by atoms with Gasteiger partial charge in [0.25, 0.3) is 0 Å². The van der Waals surface area contributed by atoms with Crippen molar-refractivity contribution in [1.82, 2.24) is 4.90 Å². The van der Waals surface area contributed by atoms with Crippen LogP contribution < -0.4 is 5.73 Å². The number of piperidine rings is 1. The fourth-order valence-electron chi connectivity index (χ4n) is 2.64. The first-order valence-electron chi connectivity index (χ1n) is 7.36. The molecule has 1 aromatic rings. The number of nitrogens with zero attached hydrogens (tertiary/aromatic N) is 1. The molecule has 4 nitrogen and oxygen atoms in total. The van der Waals surface area contributed by atoms with E-state index in [-0.39, 0.29) is 24.2 Å². The largest absolute Gasteiger partial charge is 0.385 e. The van der Waals surface area contributed by atoms with Gasteiger partial charge in [0.05, 0.1) is 11.6 Å². The summed E-state index contributed by atoms with van der Waals surface area (Å²) in [5.41, 5.74) is 5.89. The van der Waals surface area contributed by atoms with Crippen molar-refractivity contribution in [2.45, 2.75) is 38.3 Å². The van der Waals surface area contributed by atoms with Gasteiger partial charge in [-0.3, -0.25) is 4.79 Å². The van der Waals surface area contributed by atoms with Gasteiger partial charge in [-0.25, -0.2) is 0 Å². The van der Waals surface area contributed by atoms with Crippen LogP contribution in [-0.4, -0.2) is 35.0 Å². The van der Waals surface area contributed by atoms with E-state index in [1.165, 1.54) is 0 Å². The first-order chi connectivity index (χ1) is 9.83. The summed E-state index contributed by atoms with van der Waals surface area (Å²) in [7, 11) is 0. The van der Waals surface area contributed by atoms with Gasteiger partial charge in [0.15, 0.2) is 0 Å². The molecule has 0 unspecified atom stereocenters. The molecular formula is C16H24Cl2N2O2. The van der Waals surface area contributed by atoms with Crippen LogP contribution in [0.25, 0.3) is 0 Å². The summed E-state index contributed by atoms with van der Waals surface area (Å²) in [6, 6.07) is 6.79. The second-order valence-corrected chi connectivity index (χ2v) is 6.57. The van der Waals surface area contributed by atoms with Crippen LogP contribution in [-0.2, 0) is 10.4 Å². The molecule has 0 bridgehead atoms. The second-order valence-electron chi connectivity index (χ2n) is 6.13. The van der Waals surface area contributed by atoms with Gasteiger partial charge in [-0.15, -0.1) is 12.4 Å².